The molecule has 0 amide bonds. The molecule has 0 bridgehead atoms. The molecule has 0 radical (unpaired) electrons. The second-order valence-corrected chi connectivity index (χ2v) is 5.66. The molecule has 2 aromatic rings. The van der Waals surface area contributed by atoms with Gasteiger partial charge >= 0.3 is 0 Å². The minimum Gasteiger partial charge on any atom is -0.490 e. The van der Waals surface area contributed by atoms with Gasteiger partial charge in [-0.15, -0.1) is 0 Å². The molecule has 2 rings (SSSR count). The molecule has 1 aromatic carbocycles. The van der Waals surface area contributed by atoms with Crippen LogP contribution >= 0.6 is 0 Å². The van der Waals surface area contributed by atoms with Crippen molar-refractivity contribution in [3.05, 3.63) is 53.1 Å². The van der Waals surface area contributed by atoms with Crippen LogP contribution in [0.15, 0.2) is 35.8 Å². The fourth-order valence-electron chi connectivity index (χ4n) is 2.47. The number of aromatic nitrogens is 2. The fourth-order valence-corrected chi connectivity index (χ4v) is 2.47. The Morgan fingerprint density at radius 1 is 1.20 bits per heavy atom. The number of aryl methyl sites for hydroxylation is 3. The Kier molecular flexibility index (Phi) is 6.62. The first-order valence-corrected chi connectivity index (χ1v) is 8.11. The third-order valence-electron chi connectivity index (χ3n) is 3.71. The summed E-state index contributed by atoms with van der Waals surface area (Å²) < 4.78 is 13.6. The Bertz CT molecular complexity index is 740. The standard InChI is InChI=1S/C19H25N3O3/c1-6-7-8-24-16-9-14(2)19(15(3)10-16)25-12-17-18(11-21-23-5)22(4)13-20-17/h6-7,9-11,13H,8,12H2,1-5H3/b7-6+,21-11-. The van der Waals surface area contributed by atoms with Crippen LogP contribution in [0.1, 0.15) is 29.4 Å². The summed E-state index contributed by atoms with van der Waals surface area (Å²) in [5.74, 6) is 1.69. The minimum atomic E-state index is 0.354. The van der Waals surface area contributed by atoms with Crippen molar-refractivity contribution in [2.75, 3.05) is 13.7 Å². The number of oxime groups is 1. The number of imidazole rings is 1. The molecule has 0 saturated carbocycles. The van der Waals surface area contributed by atoms with E-state index < -0.39 is 0 Å². The number of benzene rings is 1. The normalized spacial score (nSPS) is 11.4. The average molecular weight is 343 g/mol. The maximum absolute atomic E-state index is 6.02. The number of ether oxygens (including phenoxy) is 2. The number of nitrogens with zero attached hydrogens (tertiary/aromatic N) is 3. The van der Waals surface area contributed by atoms with Gasteiger partial charge in [-0.3, -0.25) is 0 Å². The molecule has 0 aliphatic rings. The van der Waals surface area contributed by atoms with Crippen molar-refractivity contribution in [3.8, 4) is 11.5 Å². The molecule has 0 N–H and O–H groups in total. The summed E-state index contributed by atoms with van der Waals surface area (Å²) in [6, 6.07) is 3.97. The number of hydrogen-bond donors (Lipinski definition) is 0. The zero-order valence-corrected chi connectivity index (χ0v) is 15.4. The first-order chi connectivity index (χ1) is 12.1. The van der Waals surface area contributed by atoms with Crippen LogP contribution in [0.25, 0.3) is 0 Å². The van der Waals surface area contributed by atoms with Crippen LogP contribution in [0, 0.1) is 13.8 Å². The van der Waals surface area contributed by atoms with Crippen molar-refractivity contribution in [3.63, 3.8) is 0 Å². The van der Waals surface area contributed by atoms with Gasteiger partial charge in [-0.25, -0.2) is 4.98 Å². The molecule has 134 valence electrons. The van der Waals surface area contributed by atoms with E-state index in [9.17, 15) is 0 Å². The topological polar surface area (TPSA) is 57.9 Å². The van der Waals surface area contributed by atoms with Crippen molar-refractivity contribution < 1.29 is 14.3 Å². The van der Waals surface area contributed by atoms with Gasteiger partial charge in [0.1, 0.15) is 37.5 Å². The monoisotopic (exact) mass is 343 g/mol. The van der Waals surface area contributed by atoms with Gasteiger partial charge in [0.05, 0.1) is 18.2 Å². The van der Waals surface area contributed by atoms with Crippen molar-refractivity contribution >= 4 is 6.21 Å². The summed E-state index contributed by atoms with van der Waals surface area (Å²) in [6.45, 7) is 6.91. The van der Waals surface area contributed by atoms with E-state index in [1.807, 2.05) is 56.7 Å². The van der Waals surface area contributed by atoms with Crippen LogP contribution in [0.2, 0.25) is 0 Å². The van der Waals surface area contributed by atoms with Gasteiger partial charge in [0.25, 0.3) is 0 Å². The molecule has 1 heterocycles. The van der Waals surface area contributed by atoms with Crippen LogP contribution in [0.5, 0.6) is 11.5 Å². The minimum absolute atomic E-state index is 0.354. The lowest BCUT2D eigenvalue weighted by molar-refractivity contribution is 0.215. The highest BCUT2D eigenvalue weighted by molar-refractivity contribution is 5.78. The Morgan fingerprint density at radius 3 is 2.56 bits per heavy atom. The zero-order chi connectivity index (χ0) is 18.2. The second-order valence-electron chi connectivity index (χ2n) is 5.66. The molecule has 1 aromatic heterocycles. The van der Waals surface area contributed by atoms with Gasteiger partial charge < -0.3 is 18.9 Å². The molecular formula is C19H25N3O3. The largest absolute Gasteiger partial charge is 0.490 e. The Morgan fingerprint density at radius 2 is 1.92 bits per heavy atom. The van der Waals surface area contributed by atoms with Gasteiger partial charge in [-0.2, -0.15) is 0 Å². The summed E-state index contributed by atoms with van der Waals surface area (Å²) in [5.41, 5.74) is 3.70. The van der Waals surface area contributed by atoms with E-state index in [2.05, 4.69) is 10.1 Å². The van der Waals surface area contributed by atoms with Crippen LogP contribution in [0.4, 0.5) is 0 Å². The molecule has 0 aliphatic carbocycles. The molecule has 0 fully saturated rings. The van der Waals surface area contributed by atoms with Gasteiger partial charge in [0.2, 0.25) is 0 Å². The maximum Gasteiger partial charge on any atom is 0.132 e. The third kappa shape index (κ3) is 4.86. The van der Waals surface area contributed by atoms with E-state index in [0.717, 1.165) is 34.0 Å². The first kappa shape index (κ1) is 18.6. The SMILES string of the molecule is C/C=C/COc1cc(C)c(OCc2ncn(C)c2/C=N\OC)c(C)c1. The van der Waals surface area contributed by atoms with Crippen LogP contribution in [-0.4, -0.2) is 29.5 Å². The quantitative estimate of drug-likeness (QED) is 0.418. The maximum atomic E-state index is 6.02. The fraction of sp³-hybridized carbons (Fsp3) is 0.368. The van der Waals surface area contributed by atoms with Crippen LogP contribution in [-0.2, 0) is 18.5 Å². The molecule has 6 heteroatoms. The van der Waals surface area contributed by atoms with E-state index >= 15 is 0 Å². The zero-order valence-electron chi connectivity index (χ0n) is 15.4. The molecule has 0 atom stereocenters. The lowest BCUT2D eigenvalue weighted by Crippen LogP contribution is -2.04. The number of rotatable bonds is 8. The Hall–Kier alpha value is -2.76. The van der Waals surface area contributed by atoms with E-state index in [-0.39, 0.29) is 0 Å². The summed E-state index contributed by atoms with van der Waals surface area (Å²) >= 11 is 0. The van der Waals surface area contributed by atoms with Crippen molar-refractivity contribution in [1.82, 2.24) is 9.55 Å². The number of hydrogen-bond acceptors (Lipinski definition) is 5. The van der Waals surface area contributed by atoms with E-state index in [0.29, 0.717) is 13.2 Å². The predicted octanol–water partition coefficient (Wildman–Crippen LogP) is 3.55. The second kappa shape index (κ2) is 8.92. The third-order valence-corrected chi connectivity index (χ3v) is 3.71. The highest BCUT2D eigenvalue weighted by Gasteiger charge is 2.11. The summed E-state index contributed by atoms with van der Waals surface area (Å²) in [7, 11) is 3.41. The van der Waals surface area contributed by atoms with Gasteiger partial charge in [-0.1, -0.05) is 17.3 Å². The van der Waals surface area contributed by atoms with Crippen LogP contribution in [0.3, 0.4) is 0 Å². The molecule has 0 unspecified atom stereocenters. The predicted molar refractivity (Wildman–Crippen MR) is 98.4 cm³/mol. The molecule has 0 spiro atoms. The van der Waals surface area contributed by atoms with Gasteiger partial charge in [0.15, 0.2) is 0 Å². The molecule has 0 aliphatic heterocycles. The highest BCUT2D eigenvalue weighted by atomic mass is 16.6. The lowest BCUT2D eigenvalue weighted by Gasteiger charge is -2.14. The molecule has 0 saturated heterocycles. The number of allylic oxidation sites excluding steroid dienone is 1. The van der Waals surface area contributed by atoms with Crippen LogP contribution < -0.4 is 9.47 Å². The Balaban J connectivity index is 2.12. The van der Waals surface area contributed by atoms with Gasteiger partial charge in [-0.05, 0) is 44.0 Å². The van der Waals surface area contributed by atoms with E-state index in [4.69, 9.17) is 14.3 Å². The summed E-state index contributed by atoms with van der Waals surface area (Å²) in [6.07, 6.45) is 7.30. The van der Waals surface area contributed by atoms with E-state index in [1.54, 1.807) is 12.5 Å². The lowest BCUT2D eigenvalue weighted by atomic mass is 10.1. The first-order valence-electron chi connectivity index (χ1n) is 8.11. The van der Waals surface area contributed by atoms with Crippen molar-refractivity contribution in [1.29, 1.82) is 0 Å². The molecular weight excluding hydrogens is 318 g/mol. The van der Waals surface area contributed by atoms with Crippen molar-refractivity contribution in [2.24, 2.45) is 12.2 Å². The van der Waals surface area contributed by atoms with E-state index in [1.165, 1.54) is 7.11 Å². The van der Waals surface area contributed by atoms with Gasteiger partial charge in [0, 0.05) is 7.05 Å². The molecule has 6 nitrogen and oxygen atoms in total. The summed E-state index contributed by atoms with van der Waals surface area (Å²) in [4.78, 5) is 9.12. The Labute approximate surface area is 148 Å². The average Bonchev–Trinajstić information content (AvgIpc) is 2.92. The summed E-state index contributed by atoms with van der Waals surface area (Å²) in [5, 5.41) is 3.81. The smallest absolute Gasteiger partial charge is 0.132 e. The molecule has 25 heavy (non-hydrogen) atoms. The highest BCUT2D eigenvalue weighted by Crippen LogP contribution is 2.29. The van der Waals surface area contributed by atoms with Crippen molar-refractivity contribution in [2.45, 2.75) is 27.4 Å².